The van der Waals surface area contributed by atoms with Gasteiger partial charge in [0.2, 0.25) is 0 Å². The van der Waals surface area contributed by atoms with Crippen molar-refractivity contribution in [2.45, 2.75) is 6.61 Å². The van der Waals surface area contributed by atoms with Crippen molar-refractivity contribution in [1.82, 2.24) is 9.97 Å². The summed E-state index contributed by atoms with van der Waals surface area (Å²) in [6.45, 7) is 0.100. The average Bonchev–Trinajstić information content (AvgIpc) is 2.41. The maximum absolute atomic E-state index is 12.9. The van der Waals surface area contributed by atoms with E-state index >= 15 is 0 Å². The largest absolute Gasteiger partial charge is 0.487 e. The lowest BCUT2D eigenvalue weighted by Gasteiger charge is -2.06. The van der Waals surface area contributed by atoms with Crippen molar-refractivity contribution in [3.63, 3.8) is 0 Å². The van der Waals surface area contributed by atoms with Gasteiger partial charge in [-0.05, 0) is 12.1 Å². The van der Waals surface area contributed by atoms with Crippen LogP contribution in [0.2, 0.25) is 0 Å². The molecule has 0 saturated heterocycles. The molecule has 0 atom stereocenters. The molecule has 2 rings (SSSR count). The van der Waals surface area contributed by atoms with Crippen molar-refractivity contribution < 1.29 is 13.5 Å². The molecule has 0 aliphatic carbocycles. The molecule has 3 N–H and O–H groups in total. The number of hydrogen-bond acceptors (Lipinski definition) is 5. The zero-order valence-corrected chi connectivity index (χ0v) is 9.23. The maximum atomic E-state index is 12.9. The number of nitrogens with zero attached hydrogens (tertiary/aromatic N) is 2. The first-order valence-corrected chi connectivity index (χ1v) is 5.04. The van der Waals surface area contributed by atoms with E-state index in [1.165, 1.54) is 18.5 Å². The summed E-state index contributed by atoms with van der Waals surface area (Å²) in [6.07, 6.45) is 2.90. The minimum atomic E-state index is -0.957. The molecule has 1 aromatic carbocycles. The van der Waals surface area contributed by atoms with Gasteiger partial charge in [-0.25, -0.2) is 19.6 Å². The third-order valence-electron chi connectivity index (χ3n) is 2.13. The van der Waals surface area contributed by atoms with Gasteiger partial charge in [0.05, 0.1) is 18.1 Å². The number of ether oxygens (including phenoxy) is 1. The first-order valence-electron chi connectivity index (χ1n) is 5.04. The van der Waals surface area contributed by atoms with Gasteiger partial charge in [0, 0.05) is 6.07 Å². The summed E-state index contributed by atoms with van der Waals surface area (Å²) in [5, 5.41) is 0. The Labute approximate surface area is 102 Å². The van der Waals surface area contributed by atoms with Crippen LogP contribution >= 0.6 is 0 Å². The van der Waals surface area contributed by atoms with Gasteiger partial charge in [-0.1, -0.05) is 0 Å². The Balaban J connectivity index is 1.99. The van der Waals surface area contributed by atoms with Crippen LogP contribution in [-0.2, 0) is 6.61 Å². The number of benzene rings is 1. The van der Waals surface area contributed by atoms with Crippen molar-refractivity contribution >= 4 is 5.82 Å². The van der Waals surface area contributed by atoms with Crippen LogP contribution in [0.5, 0.6) is 5.75 Å². The molecule has 1 aromatic heterocycles. The third kappa shape index (κ3) is 2.89. The van der Waals surface area contributed by atoms with E-state index in [-0.39, 0.29) is 12.4 Å². The number of aromatic nitrogens is 2. The minimum Gasteiger partial charge on any atom is -0.487 e. The smallest absolute Gasteiger partial charge is 0.162 e. The van der Waals surface area contributed by atoms with Gasteiger partial charge in [0.1, 0.15) is 12.4 Å². The molecule has 0 aliphatic heterocycles. The summed E-state index contributed by atoms with van der Waals surface area (Å²) < 4.78 is 30.8. The van der Waals surface area contributed by atoms with E-state index in [9.17, 15) is 8.78 Å². The van der Waals surface area contributed by atoms with Crippen molar-refractivity contribution in [3.8, 4) is 5.75 Å². The predicted octanol–water partition coefficient (Wildman–Crippen LogP) is 1.62. The number of anilines is 1. The Hall–Kier alpha value is -2.28. The van der Waals surface area contributed by atoms with E-state index in [1.54, 1.807) is 0 Å². The van der Waals surface area contributed by atoms with E-state index < -0.39 is 11.6 Å². The number of hydrogen-bond donors (Lipinski definition) is 2. The summed E-state index contributed by atoms with van der Waals surface area (Å²) in [5.41, 5.74) is 2.88. The van der Waals surface area contributed by atoms with E-state index in [4.69, 9.17) is 10.6 Å². The lowest BCUT2D eigenvalue weighted by Crippen LogP contribution is -2.09. The predicted molar refractivity (Wildman–Crippen MR) is 60.5 cm³/mol. The van der Waals surface area contributed by atoms with Crippen LogP contribution in [0.1, 0.15) is 5.69 Å². The third-order valence-corrected chi connectivity index (χ3v) is 2.13. The van der Waals surface area contributed by atoms with Crippen molar-refractivity contribution in [1.29, 1.82) is 0 Å². The van der Waals surface area contributed by atoms with Crippen molar-refractivity contribution in [2.75, 3.05) is 5.43 Å². The second-order valence-corrected chi connectivity index (χ2v) is 3.40. The molecule has 7 heteroatoms. The number of rotatable bonds is 4. The Morgan fingerprint density at radius 3 is 2.61 bits per heavy atom. The molecule has 0 unspecified atom stereocenters. The van der Waals surface area contributed by atoms with Crippen LogP contribution in [-0.4, -0.2) is 9.97 Å². The molecule has 18 heavy (non-hydrogen) atoms. The fourth-order valence-electron chi connectivity index (χ4n) is 1.23. The number of nitrogen functional groups attached to an aromatic ring is 1. The molecule has 0 radical (unpaired) electrons. The molecule has 0 amide bonds. The number of halogens is 2. The summed E-state index contributed by atoms with van der Waals surface area (Å²) in [4.78, 5) is 7.94. The normalized spacial score (nSPS) is 10.2. The van der Waals surface area contributed by atoms with Crippen LogP contribution in [0.25, 0.3) is 0 Å². The van der Waals surface area contributed by atoms with Gasteiger partial charge < -0.3 is 10.2 Å². The lowest BCUT2D eigenvalue weighted by atomic mass is 10.3. The van der Waals surface area contributed by atoms with E-state index in [0.717, 1.165) is 12.1 Å². The van der Waals surface area contributed by atoms with Gasteiger partial charge in [-0.3, -0.25) is 4.98 Å². The fourth-order valence-corrected chi connectivity index (χ4v) is 1.23. The Morgan fingerprint density at radius 1 is 1.17 bits per heavy atom. The second-order valence-electron chi connectivity index (χ2n) is 3.40. The molecule has 0 fully saturated rings. The van der Waals surface area contributed by atoms with Gasteiger partial charge in [-0.15, -0.1) is 0 Å². The molecule has 0 bridgehead atoms. The molecule has 0 aliphatic rings. The fraction of sp³-hybridized carbons (Fsp3) is 0.0909. The number of nitrogens with two attached hydrogens (primary N) is 1. The Bertz CT molecular complexity index is 533. The minimum absolute atomic E-state index is 0.100. The summed E-state index contributed by atoms with van der Waals surface area (Å²) in [6, 6.07) is 3.30. The van der Waals surface area contributed by atoms with E-state index in [2.05, 4.69) is 15.4 Å². The highest BCUT2D eigenvalue weighted by molar-refractivity contribution is 5.28. The average molecular weight is 252 g/mol. The van der Waals surface area contributed by atoms with Gasteiger partial charge in [-0.2, -0.15) is 0 Å². The van der Waals surface area contributed by atoms with Crippen LogP contribution < -0.4 is 16.0 Å². The van der Waals surface area contributed by atoms with E-state index in [1.807, 2.05) is 0 Å². The van der Waals surface area contributed by atoms with Crippen LogP contribution in [0.15, 0.2) is 30.6 Å². The Kier molecular flexibility index (Phi) is 3.63. The maximum Gasteiger partial charge on any atom is 0.162 e. The number of hydrazine groups is 1. The van der Waals surface area contributed by atoms with Crippen molar-refractivity contribution in [2.24, 2.45) is 5.84 Å². The second kappa shape index (κ2) is 5.37. The summed E-state index contributed by atoms with van der Waals surface area (Å²) in [5.74, 6) is 3.90. The first-order chi connectivity index (χ1) is 8.69. The van der Waals surface area contributed by atoms with E-state index in [0.29, 0.717) is 11.5 Å². The zero-order valence-electron chi connectivity index (χ0n) is 9.23. The highest BCUT2D eigenvalue weighted by atomic mass is 19.2. The van der Waals surface area contributed by atoms with Crippen LogP contribution in [0.3, 0.4) is 0 Å². The highest BCUT2D eigenvalue weighted by Crippen LogP contribution is 2.16. The lowest BCUT2D eigenvalue weighted by molar-refractivity contribution is 0.298. The van der Waals surface area contributed by atoms with Crippen LogP contribution in [0.4, 0.5) is 14.6 Å². The topological polar surface area (TPSA) is 73.1 Å². The monoisotopic (exact) mass is 252 g/mol. The molecule has 5 nitrogen and oxygen atoms in total. The molecule has 0 saturated carbocycles. The highest BCUT2D eigenvalue weighted by Gasteiger charge is 2.04. The van der Waals surface area contributed by atoms with Crippen molar-refractivity contribution in [3.05, 3.63) is 47.9 Å². The quantitative estimate of drug-likeness (QED) is 0.639. The van der Waals surface area contributed by atoms with Gasteiger partial charge in [0.15, 0.2) is 17.5 Å². The summed E-state index contributed by atoms with van der Waals surface area (Å²) in [7, 11) is 0. The molecule has 0 spiro atoms. The Morgan fingerprint density at radius 2 is 2.00 bits per heavy atom. The standard InChI is InChI=1S/C11H10F2N4O/c12-9-2-1-8(3-10(9)13)18-6-7-4-16-11(17-14)5-15-7/h1-5H,6,14H2,(H,16,17). The van der Waals surface area contributed by atoms with Crippen LogP contribution in [0, 0.1) is 11.6 Å². The molecular formula is C11H10F2N4O. The molecule has 2 aromatic rings. The molecule has 94 valence electrons. The molecule has 1 heterocycles. The summed E-state index contributed by atoms with van der Waals surface area (Å²) >= 11 is 0. The first kappa shape index (κ1) is 12.2. The SMILES string of the molecule is NNc1cnc(COc2ccc(F)c(F)c2)cn1. The number of nitrogens with one attached hydrogen (secondary N) is 1. The van der Waals surface area contributed by atoms with Gasteiger partial charge in [0.25, 0.3) is 0 Å². The molecular weight excluding hydrogens is 242 g/mol. The zero-order chi connectivity index (χ0) is 13.0. The van der Waals surface area contributed by atoms with Gasteiger partial charge >= 0.3 is 0 Å².